The number of nitro benzene ring substituents is 1. The predicted octanol–water partition coefficient (Wildman–Crippen LogP) is 6.20. The van der Waals surface area contributed by atoms with E-state index >= 15 is 0 Å². The zero-order valence-electron chi connectivity index (χ0n) is 19.0. The van der Waals surface area contributed by atoms with Gasteiger partial charge in [0.25, 0.3) is 5.69 Å². The number of hydrogen-bond acceptors (Lipinski definition) is 7. The number of ether oxygens (including phenoxy) is 1. The predicted molar refractivity (Wildman–Crippen MR) is 128 cm³/mol. The summed E-state index contributed by atoms with van der Waals surface area (Å²) >= 11 is 0. The lowest BCUT2D eigenvalue weighted by Gasteiger charge is -2.11. The van der Waals surface area contributed by atoms with Crippen molar-refractivity contribution in [3.05, 3.63) is 70.0 Å². The Kier molecular flexibility index (Phi) is 8.65. The van der Waals surface area contributed by atoms with E-state index in [0.29, 0.717) is 29.1 Å². The van der Waals surface area contributed by atoms with Crippen molar-refractivity contribution >= 4 is 5.69 Å². The van der Waals surface area contributed by atoms with Crippen LogP contribution in [-0.4, -0.2) is 21.5 Å². The molecule has 0 atom stereocenters. The van der Waals surface area contributed by atoms with E-state index < -0.39 is 4.92 Å². The fourth-order valence-corrected chi connectivity index (χ4v) is 3.52. The Bertz CT molecular complexity index is 1210. The van der Waals surface area contributed by atoms with Crippen molar-refractivity contribution in [3.63, 3.8) is 0 Å². The van der Waals surface area contributed by atoms with Crippen LogP contribution in [0.25, 0.3) is 22.5 Å². The molecule has 1 heterocycles. The summed E-state index contributed by atoms with van der Waals surface area (Å²) in [6, 6.07) is 16.9. The zero-order valence-corrected chi connectivity index (χ0v) is 19.0. The number of hydrogen-bond donors (Lipinski definition) is 0. The molecular formula is C26H25N5O3. The van der Waals surface area contributed by atoms with E-state index in [9.17, 15) is 20.6 Å². The molecule has 0 aliphatic carbocycles. The van der Waals surface area contributed by atoms with Crippen LogP contribution in [0.2, 0.25) is 0 Å². The standard InChI is InChI=1S/C26H25N5O3/c1-2-3-4-5-6-7-16-34-22-14-10-20(11-15-22)26-25(29-23(17-27)24(18-28)30-26)19-8-12-21(13-9-19)31(32)33/h8-15H,2-7,16H2,1H3. The van der Waals surface area contributed by atoms with Crippen LogP contribution in [-0.2, 0) is 0 Å². The first-order chi connectivity index (χ1) is 16.6. The molecule has 0 spiro atoms. The lowest BCUT2D eigenvalue weighted by Crippen LogP contribution is -2.02. The second kappa shape index (κ2) is 12.1. The average Bonchev–Trinajstić information content (AvgIpc) is 2.87. The van der Waals surface area contributed by atoms with Gasteiger partial charge in [-0.15, -0.1) is 0 Å². The number of nitriles is 2. The molecule has 0 unspecified atom stereocenters. The summed E-state index contributed by atoms with van der Waals surface area (Å²) in [5.41, 5.74) is 1.79. The van der Waals surface area contributed by atoms with Gasteiger partial charge < -0.3 is 4.74 Å². The van der Waals surface area contributed by atoms with Crippen molar-refractivity contribution in [1.29, 1.82) is 10.5 Å². The van der Waals surface area contributed by atoms with Gasteiger partial charge in [-0.25, -0.2) is 9.97 Å². The molecule has 0 bridgehead atoms. The molecule has 8 nitrogen and oxygen atoms in total. The number of non-ortho nitro benzene ring substituents is 1. The molecule has 0 aliphatic rings. The Balaban J connectivity index is 1.83. The number of rotatable bonds is 11. The Morgan fingerprint density at radius 1 is 0.824 bits per heavy atom. The van der Waals surface area contributed by atoms with E-state index in [-0.39, 0.29) is 17.1 Å². The van der Waals surface area contributed by atoms with Crippen LogP contribution in [0.1, 0.15) is 56.8 Å². The van der Waals surface area contributed by atoms with E-state index in [1.54, 1.807) is 12.1 Å². The number of nitro groups is 1. The second-order valence-corrected chi connectivity index (χ2v) is 7.79. The SMILES string of the molecule is CCCCCCCCOc1ccc(-c2nc(C#N)c(C#N)nc2-c2ccc([N+](=O)[O-])cc2)cc1. The number of aromatic nitrogens is 2. The van der Waals surface area contributed by atoms with Gasteiger partial charge in [-0.1, -0.05) is 39.0 Å². The highest BCUT2D eigenvalue weighted by molar-refractivity contribution is 5.79. The molecule has 0 N–H and O–H groups in total. The highest BCUT2D eigenvalue weighted by Crippen LogP contribution is 2.32. The molecule has 172 valence electrons. The molecule has 0 fully saturated rings. The zero-order chi connectivity index (χ0) is 24.3. The van der Waals surface area contributed by atoms with Gasteiger partial charge in [-0.05, 0) is 42.8 Å². The van der Waals surface area contributed by atoms with Gasteiger partial charge in [-0.3, -0.25) is 10.1 Å². The minimum atomic E-state index is -0.486. The van der Waals surface area contributed by atoms with Gasteiger partial charge in [0.2, 0.25) is 0 Å². The fourth-order valence-electron chi connectivity index (χ4n) is 3.52. The van der Waals surface area contributed by atoms with Crippen LogP contribution < -0.4 is 4.74 Å². The van der Waals surface area contributed by atoms with Crippen LogP contribution in [0.15, 0.2) is 48.5 Å². The maximum Gasteiger partial charge on any atom is 0.269 e. The highest BCUT2D eigenvalue weighted by Gasteiger charge is 2.18. The van der Waals surface area contributed by atoms with Crippen molar-refractivity contribution in [1.82, 2.24) is 9.97 Å². The van der Waals surface area contributed by atoms with Crippen molar-refractivity contribution in [2.75, 3.05) is 6.61 Å². The molecule has 2 aromatic carbocycles. The third-order valence-corrected chi connectivity index (χ3v) is 5.35. The topological polar surface area (TPSA) is 126 Å². The summed E-state index contributed by atoms with van der Waals surface area (Å²) in [5.74, 6) is 0.733. The lowest BCUT2D eigenvalue weighted by molar-refractivity contribution is -0.384. The van der Waals surface area contributed by atoms with E-state index in [2.05, 4.69) is 16.9 Å². The molecule has 0 saturated heterocycles. The second-order valence-electron chi connectivity index (χ2n) is 7.79. The third-order valence-electron chi connectivity index (χ3n) is 5.35. The Morgan fingerprint density at radius 2 is 1.32 bits per heavy atom. The molecule has 0 amide bonds. The first-order valence-electron chi connectivity index (χ1n) is 11.3. The smallest absolute Gasteiger partial charge is 0.269 e. The molecule has 34 heavy (non-hydrogen) atoms. The Morgan fingerprint density at radius 3 is 1.82 bits per heavy atom. The molecule has 8 heteroatoms. The van der Waals surface area contributed by atoms with Crippen molar-refractivity contribution in [3.8, 4) is 40.4 Å². The molecule has 1 aromatic heterocycles. The van der Waals surface area contributed by atoms with Gasteiger partial charge in [0.05, 0.1) is 22.9 Å². The summed E-state index contributed by atoms with van der Waals surface area (Å²) in [5, 5.41) is 29.8. The van der Waals surface area contributed by atoms with Crippen molar-refractivity contribution in [2.24, 2.45) is 0 Å². The molecule has 0 saturated carbocycles. The average molecular weight is 456 g/mol. The maximum atomic E-state index is 11.0. The van der Waals surface area contributed by atoms with Crippen LogP contribution in [0.3, 0.4) is 0 Å². The summed E-state index contributed by atoms with van der Waals surface area (Å²) in [6.07, 6.45) is 7.14. The molecule has 3 rings (SSSR count). The first-order valence-corrected chi connectivity index (χ1v) is 11.3. The normalized spacial score (nSPS) is 10.3. The van der Waals surface area contributed by atoms with E-state index in [1.807, 2.05) is 36.4 Å². The van der Waals surface area contributed by atoms with Gasteiger partial charge in [0.1, 0.15) is 17.9 Å². The molecular weight excluding hydrogens is 430 g/mol. The highest BCUT2D eigenvalue weighted by atomic mass is 16.6. The van der Waals surface area contributed by atoms with Crippen LogP contribution in [0, 0.1) is 32.8 Å². The van der Waals surface area contributed by atoms with E-state index in [4.69, 9.17) is 4.74 Å². The monoisotopic (exact) mass is 455 g/mol. The van der Waals surface area contributed by atoms with Crippen LogP contribution in [0.4, 0.5) is 5.69 Å². The maximum absolute atomic E-state index is 11.0. The summed E-state index contributed by atoms with van der Waals surface area (Å²) in [7, 11) is 0. The quantitative estimate of drug-likeness (QED) is 0.191. The van der Waals surface area contributed by atoms with Gasteiger partial charge >= 0.3 is 0 Å². The summed E-state index contributed by atoms with van der Waals surface area (Å²) in [6.45, 7) is 2.85. The van der Waals surface area contributed by atoms with Gasteiger partial charge in [0.15, 0.2) is 11.4 Å². The van der Waals surface area contributed by atoms with Gasteiger partial charge in [0, 0.05) is 23.3 Å². The minimum Gasteiger partial charge on any atom is -0.494 e. The largest absolute Gasteiger partial charge is 0.494 e. The Labute approximate surface area is 198 Å². The van der Waals surface area contributed by atoms with E-state index in [0.717, 1.165) is 18.6 Å². The number of benzene rings is 2. The molecule has 3 aromatic rings. The first kappa shape index (κ1) is 24.3. The van der Waals surface area contributed by atoms with Crippen molar-refractivity contribution < 1.29 is 9.66 Å². The Hall–Kier alpha value is -4.30. The van der Waals surface area contributed by atoms with Crippen LogP contribution >= 0.6 is 0 Å². The van der Waals surface area contributed by atoms with Crippen LogP contribution in [0.5, 0.6) is 5.75 Å². The fraction of sp³-hybridized carbons (Fsp3) is 0.308. The minimum absolute atomic E-state index is 0.0562. The molecule has 0 aliphatic heterocycles. The number of nitrogens with zero attached hydrogens (tertiary/aromatic N) is 5. The van der Waals surface area contributed by atoms with Gasteiger partial charge in [-0.2, -0.15) is 10.5 Å². The van der Waals surface area contributed by atoms with Crippen molar-refractivity contribution in [2.45, 2.75) is 45.4 Å². The third kappa shape index (κ3) is 6.14. The van der Waals surface area contributed by atoms with E-state index in [1.165, 1.54) is 37.8 Å². The summed E-state index contributed by atoms with van der Waals surface area (Å²) < 4.78 is 5.84. The number of unbranched alkanes of at least 4 members (excludes halogenated alkanes) is 5. The molecule has 0 radical (unpaired) electrons. The lowest BCUT2D eigenvalue weighted by atomic mass is 10.0. The summed E-state index contributed by atoms with van der Waals surface area (Å²) in [4.78, 5) is 19.2.